The zero-order valence-corrected chi connectivity index (χ0v) is 16.3. The second-order valence-electron chi connectivity index (χ2n) is 6.79. The topological polar surface area (TPSA) is 84.0 Å². The molecule has 3 aromatic rings. The summed E-state index contributed by atoms with van der Waals surface area (Å²) in [6, 6.07) is 14.2. The van der Waals surface area contributed by atoms with Crippen molar-refractivity contribution in [1.82, 2.24) is 10.2 Å². The van der Waals surface area contributed by atoms with Crippen molar-refractivity contribution in [1.29, 1.82) is 0 Å². The van der Waals surface area contributed by atoms with Gasteiger partial charge in [-0.3, -0.25) is 9.59 Å². The molecular weight excluding hydrogens is 352 g/mol. The SMILES string of the molecule is CC(=O)c1ccc(NC(=O)c2ccc(Nc3c(C)cc(C)cc3C)nn2)cc1. The largest absolute Gasteiger partial charge is 0.338 e. The Morgan fingerprint density at radius 3 is 2.04 bits per heavy atom. The fraction of sp³-hybridized carbons (Fsp3) is 0.182. The van der Waals surface area contributed by atoms with E-state index in [-0.39, 0.29) is 17.4 Å². The fourth-order valence-corrected chi connectivity index (χ4v) is 3.01. The van der Waals surface area contributed by atoms with Crippen LogP contribution >= 0.6 is 0 Å². The van der Waals surface area contributed by atoms with E-state index in [1.807, 2.05) is 13.8 Å². The lowest BCUT2D eigenvalue weighted by atomic mass is 10.1. The number of aryl methyl sites for hydroxylation is 3. The van der Waals surface area contributed by atoms with Crippen molar-refractivity contribution >= 4 is 28.9 Å². The van der Waals surface area contributed by atoms with Crippen LogP contribution in [0.25, 0.3) is 0 Å². The van der Waals surface area contributed by atoms with Gasteiger partial charge in [-0.1, -0.05) is 17.7 Å². The Labute approximate surface area is 164 Å². The zero-order valence-electron chi connectivity index (χ0n) is 16.3. The van der Waals surface area contributed by atoms with E-state index in [9.17, 15) is 9.59 Å². The van der Waals surface area contributed by atoms with Crippen LogP contribution in [-0.4, -0.2) is 21.9 Å². The minimum absolute atomic E-state index is 0.0223. The minimum Gasteiger partial charge on any atom is -0.338 e. The number of benzene rings is 2. The van der Waals surface area contributed by atoms with Gasteiger partial charge in [-0.25, -0.2) is 0 Å². The van der Waals surface area contributed by atoms with Gasteiger partial charge in [0.2, 0.25) is 0 Å². The summed E-state index contributed by atoms with van der Waals surface area (Å²) in [4.78, 5) is 23.7. The smallest absolute Gasteiger partial charge is 0.276 e. The molecule has 0 fully saturated rings. The summed E-state index contributed by atoms with van der Waals surface area (Å²) in [5.41, 5.74) is 5.82. The first-order valence-electron chi connectivity index (χ1n) is 8.94. The van der Waals surface area contributed by atoms with E-state index in [2.05, 4.69) is 39.9 Å². The predicted molar refractivity (Wildman–Crippen MR) is 110 cm³/mol. The Morgan fingerprint density at radius 1 is 0.857 bits per heavy atom. The van der Waals surface area contributed by atoms with Crippen molar-refractivity contribution in [2.24, 2.45) is 0 Å². The van der Waals surface area contributed by atoms with Crippen LogP contribution in [0.2, 0.25) is 0 Å². The van der Waals surface area contributed by atoms with E-state index in [1.54, 1.807) is 36.4 Å². The molecule has 0 aliphatic rings. The van der Waals surface area contributed by atoms with Gasteiger partial charge in [0.1, 0.15) is 0 Å². The summed E-state index contributed by atoms with van der Waals surface area (Å²) in [6.45, 7) is 7.63. The van der Waals surface area contributed by atoms with Crippen molar-refractivity contribution in [3.8, 4) is 0 Å². The third-order valence-electron chi connectivity index (χ3n) is 4.38. The lowest BCUT2D eigenvalue weighted by molar-refractivity contribution is 0.101. The molecule has 6 nitrogen and oxygen atoms in total. The molecule has 0 aliphatic heterocycles. The van der Waals surface area contributed by atoms with Crippen LogP contribution in [0, 0.1) is 20.8 Å². The van der Waals surface area contributed by atoms with Gasteiger partial charge in [0.05, 0.1) is 0 Å². The average Bonchev–Trinajstić information content (AvgIpc) is 2.65. The van der Waals surface area contributed by atoms with Gasteiger partial charge in [-0.2, -0.15) is 0 Å². The summed E-state index contributed by atoms with van der Waals surface area (Å²) in [6.07, 6.45) is 0. The monoisotopic (exact) mass is 374 g/mol. The highest BCUT2D eigenvalue weighted by atomic mass is 16.2. The van der Waals surface area contributed by atoms with Gasteiger partial charge in [0, 0.05) is 16.9 Å². The van der Waals surface area contributed by atoms with E-state index in [0.717, 1.165) is 16.8 Å². The molecule has 0 bridgehead atoms. The molecule has 1 aromatic heterocycles. The van der Waals surface area contributed by atoms with Crippen molar-refractivity contribution in [2.45, 2.75) is 27.7 Å². The number of hydrogen-bond donors (Lipinski definition) is 2. The Morgan fingerprint density at radius 2 is 1.50 bits per heavy atom. The van der Waals surface area contributed by atoms with Crippen molar-refractivity contribution < 1.29 is 9.59 Å². The number of anilines is 3. The molecule has 142 valence electrons. The Balaban J connectivity index is 1.70. The molecule has 0 saturated carbocycles. The molecule has 0 spiro atoms. The number of nitrogens with zero attached hydrogens (tertiary/aromatic N) is 2. The van der Waals surface area contributed by atoms with E-state index in [4.69, 9.17) is 0 Å². The Bertz CT molecular complexity index is 1000. The molecule has 0 aliphatic carbocycles. The van der Waals surface area contributed by atoms with Gasteiger partial charge in [0.15, 0.2) is 17.3 Å². The molecular formula is C22H22N4O2. The summed E-state index contributed by atoms with van der Waals surface area (Å²) in [7, 11) is 0. The minimum atomic E-state index is -0.364. The third-order valence-corrected chi connectivity index (χ3v) is 4.38. The van der Waals surface area contributed by atoms with Crippen molar-refractivity contribution in [3.05, 3.63) is 76.5 Å². The second-order valence-corrected chi connectivity index (χ2v) is 6.79. The second kappa shape index (κ2) is 8.00. The molecule has 3 rings (SSSR count). The summed E-state index contributed by atoms with van der Waals surface area (Å²) in [5, 5.41) is 14.1. The molecule has 0 radical (unpaired) electrons. The number of nitrogens with one attached hydrogen (secondary N) is 2. The number of hydrogen-bond acceptors (Lipinski definition) is 5. The van der Waals surface area contributed by atoms with Crippen LogP contribution in [0.3, 0.4) is 0 Å². The van der Waals surface area contributed by atoms with Crippen LogP contribution in [-0.2, 0) is 0 Å². The maximum absolute atomic E-state index is 12.3. The first kappa shape index (κ1) is 19.2. The van der Waals surface area contributed by atoms with Crippen LogP contribution in [0.15, 0.2) is 48.5 Å². The number of rotatable bonds is 5. The zero-order chi connectivity index (χ0) is 20.3. The standard InChI is InChI=1S/C22H22N4O2/c1-13-11-14(2)21(15(3)12-13)24-20-10-9-19(25-26-20)22(28)23-18-7-5-17(6-8-18)16(4)27/h5-12H,1-4H3,(H,23,28)(H,24,26). The quantitative estimate of drug-likeness (QED) is 0.638. The molecule has 6 heteroatoms. The summed E-state index contributed by atoms with van der Waals surface area (Å²) >= 11 is 0. The van der Waals surface area contributed by atoms with Gasteiger partial charge >= 0.3 is 0 Å². The highest BCUT2D eigenvalue weighted by Crippen LogP contribution is 2.24. The van der Waals surface area contributed by atoms with Crippen LogP contribution < -0.4 is 10.6 Å². The highest BCUT2D eigenvalue weighted by Gasteiger charge is 2.10. The van der Waals surface area contributed by atoms with Crippen LogP contribution in [0.4, 0.5) is 17.2 Å². The van der Waals surface area contributed by atoms with Crippen LogP contribution in [0.1, 0.15) is 44.5 Å². The van der Waals surface area contributed by atoms with Crippen LogP contribution in [0.5, 0.6) is 0 Å². The maximum Gasteiger partial charge on any atom is 0.276 e. The van der Waals surface area contributed by atoms with Crippen molar-refractivity contribution in [2.75, 3.05) is 10.6 Å². The summed E-state index contributed by atoms with van der Waals surface area (Å²) in [5.74, 6) is 0.181. The first-order valence-corrected chi connectivity index (χ1v) is 8.94. The predicted octanol–water partition coefficient (Wildman–Crippen LogP) is 4.60. The normalized spacial score (nSPS) is 10.4. The van der Waals surface area contributed by atoms with Gasteiger partial charge < -0.3 is 10.6 Å². The first-order chi connectivity index (χ1) is 13.3. The summed E-state index contributed by atoms with van der Waals surface area (Å²) < 4.78 is 0. The number of aromatic nitrogens is 2. The number of amides is 1. The Kier molecular flexibility index (Phi) is 5.49. The molecule has 0 atom stereocenters. The molecule has 2 aromatic carbocycles. The number of carbonyl (C=O) groups excluding carboxylic acids is 2. The van der Waals surface area contributed by atoms with Gasteiger partial charge in [0.25, 0.3) is 5.91 Å². The van der Waals surface area contributed by atoms with E-state index >= 15 is 0 Å². The molecule has 0 unspecified atom stereocenters. The van der Waals surface area contributed by atoms with Gasteiger partial charge in [-0.15, -0.1) is 10.2 Å². The third kappa shape index (κ3) is 4.40. The highest BCUT2D eigenvalue weighted by molar-refractivity contribution is 6.03. The van der Waals surface area contributed by atoms with E-state index in [1.165, 1.54) is 12.5 Å². The number of carbonyl (C=O) groups is 2. The molecule has 28 heavy (non-hydrogen) atoms. The average molecular weight is 374 g/mol. The maximum atomic E-state index is 12.3. The molecule has 1 heterocycles. The lowest BCUT2D eigenvalue weighted by Crippen LogP contribution is -2.14. The molecule has 0 saturated heterocycles. The Hall–Kier alpha value is -3.54. The number of ketones is 1. The van der Waals surface area contributed by atoms with Crippen molar-refractivity contribution in [3.63, 3.8) is 0 Å². The molecule has 1 amide bonds. The molecule has 2 N–H and O–H groups in total. The van der Waals surface area contributed by atoms with E-state index in [0.29, 0.717) is 17.1 Å². The van der Waals surface area contributed by atoms with E-state index < -0.39 is 0 Å². The van der Waals surface area contributed by atoms with Gasteiger partial charge in [-0.05, 0) is 75.2 Å². The lowest BCUT2D eigenvalue weighted by Gasteiger charge is -2.13. The number of Topliss-reactive ketones (excluding diaryl/α,β-unsaturated/α-hetero) is 1. The fourth-order valence-electron chi connectivity index (χ4n) is 3.01.